The van der Waals surface area contributed by atoms with Crippen LogP contribution in [-0.2, 0) is 6.42 Å². The van der Waals surface area contributed by atoms with Gasteiger partial charge in [0, 0.05) is 0 Å². The standard InChI is InChI=1S/C8H13N3/c1-6(2)4-8-5-9-11-7(3)10-8/h5-6H,4H2,1-3H3. The van der Waals surface area contributed by atoms with Crippen LogP contribution < -0.4 is 0 Å². The van der Waals surface area contributed by atoms with Gasteiger partial charge in [0.1, 0.15) is 5.82 Å². The number of hydrogen-bond acceptors (Lipinski definition) is 3. The molecule has 0 aliphatic carbocycles. The van der Waals surface area contributed by atoms with E-state index in [9.17, 15) is 0 Å². The SMILES string of the molecule is Cc1nncc(CC(C)C)n1. The van der Waals surface area contributed by atoms with Crippen LogP contribution in [0.1, 0.15) is 25.4 Å². The molecule has 1 heterocycles. The summed E-state index contributed by atoms with van der Waals surface area (Å²) in [5.41, 5.74) is 1.03. The molecule has 0 aliphatic heterocycles. The van der Waals surface area contributed by atoms with Crippen LogP contribution in [0.4, 0.5) is 0 Å². The Morgan fingerprint density at radius 1 is 1.45 bits per heavy atom. The van der Waals surface area contributed by atoms with E-state index in [2.05, 4.69) is 29.0 Å². The Kier molecular flexibility index (Phi) is 2.52. The molecule has 0 N–H and O–H groups in total. The molecule has 1 rings (SSSR count). The Morgan fingerprint density at radius 2 is 2.18 bits per heavy atom. The molecule has 3 heteroatoms. The van der Waals surface area contributed by atoms with Crippen LogP contribution in [-0.4, -0.2) is 15.2 Å². The molecule has 11 heavy (non-hydrogen) atoms. The zero-order valence-corrected chi connectivity index (χ0v) is 7.20. The summed E-state index contributed by atoms with van der Waals surface area (Å²) in [5, 5.41) is 7.61. The lowest BCUT2D eigenvalue weighted by atomic mass is 10.1. The van der Waals surface area contributed by atoms with Crippen molar-refractivity contribution in [2.24, 2.45) is 5.92 Å². The predicted octanol–water partition coefficient (Wildman–Crippen LogP) is 1.38. The summed E-state index contributed by atoms with van der Waals surface area (Å²) in [4.78, 5) is 4.24. The molecule has 0 aromatic carbocycles. The van der Waals surface area contributed by atoms with Gasteiger partial charge >= 0.3 is 0 Å². The molecule has 1 aromatic rings. The smallest absolute Gasteiger partial charge is 0.148 e. The van der Waals surface area contributed by atoms with Gasteiger partial charge in [-0.1, -0.05) is 13.8 Å². The maximum atomic E-state index is 4.24. The number of rotatable bonds is 2. The van der Waals surface area contributed by atoms with Crippen molar-refractivity contribution in [1.29, 1.82) is 0 Å². The second-order valence-electron chi connectivity index (χ2n) is 3.09. The molecule has 60 valence electrons. The van der Waals surface area contributed by atoms with E-state index in [1.54, 1.807) is 6.20 Å². The minimum Gasteiger partial charge on any atom is -0.235 e. The van der Waals surface area contributed by atoms with E-state index in [4.69, 9.17) is 0 Å². The third-order valence-electron chi connectivity index (χ3n) is 1.33. The fourth-order valence-electron chi connectivity index (χ4n) is 0.955. The van der Waals surface area contributed by atoms with Crippen molar-refractivity contribution < 1.29 is 0 Å². The van der Waals surface area contributed by atoms with Crippen molar-refractivity contribution >= 4 is 0 Å². The summed E-state index contributed by atoms with van der Waals surface area (Å²) in [7, 11) is 0. The first kappa shape index (κ1) is 8.11. The number of nitrogens with zero attached hydrogens (tertiary/aromatic N) is 3. The second kappa shape index (κ2) is 3.42. The summed E-state index contributed by atoms with van der Waals surface area (Å²) >= 11 is 0. The molecule has 1 aromatic heterocycles. The minimum atomic E-state index is 0.631. The lowest BCUT2D eigenvalue weighted by Crippen LogP contribution is -2.01. The normalized spacial score (nSPS) is 10.5. The number of aromatic nitrogens is 3. The third kappa shape index (κ3) is 2.62. The average Bonchev–Trinajstić information content (AvgIpc) is 1.85. The first-order valence-corrected chi connectivity index (χ1v) is 3.83. The van der Waals surface area contributed by atoms with Gasteiger partial charge in [-0.2, -0.15) is 5.10 Å². The van der Waals surface area contributed by atoms with Crippen LogP contribution in [0.2, 0.25) is 0 Å². The summed E-state index contributed by atoms with van der Waals surface area (Å²) in [6, 6.07) is 0. The largest absolute Gasteiger partial charge is 0.235 e. The van der Waals surface area contributed by atoms with Gasteiger partial charge in [0.25, 0.3) is 0 Å². The van der Waals surface area contributed by atoms with Crippen molar-refractivity contribution in [3.05, 3.63) is 17.7 Å². The van der Waals surface area contributed by atoms with Gasteiger partial charge in [0.2, 0.25) is 0 Å². The van der Waals surface area contributed by atoms with Gasteiger partial charge in [-0.25, -0.2) is 4.98 Å². The molecule has 0 saturated carbocycles. The summed E-state index contributed by atoms with van der Waals surface area (Å²) < 4.78 is 0. The molecule has 0 bridgehead atoms. The Morgan fingerprint density at radius 3 is 2.73 bits per heavy atom. The highest BCUT2D eigenvalue weighted by Gasteiger charge is 1.99. The maximum absolute atomic E-state index is 4.24. The van der Waals surface area contributed by atoms with E-state index in [0.29, 0.717) is 5.92 Å². The molecular weight excluding hydrogens is 138 g/mol. The molecule has 0 saturated heterocycles. The van der Waals surface area contributed by atoms with Crippen LogP contribution in [0.15, 0.2) is 6.20 Å². The maximum Gasteiger partial charge on any atom is 0.148 e. The van der Waals surface area contributed by atoms with Gasteiger partial charge in [-0.3, -0.25) is 0 Å². The second-order valence-corrected chi connectivity index (χ2v) is 3.09. The van der Waals surface area contributed by atoms with E-state index in [1.807, 2.05) is 6.92 Å². The minimum absolute atomic E-state index is 0.631. The lowest BCUT2D eigenvalue weighted by molar-refractivity contribution is 0.626. The van der Waals surface area contributed by atoms with Crippen LogP contribution in [0.5, 0.6) is 0 Å². The molecular formula is C8H13N3. The Labute approximate surface area is 66.9 Å². The molecule has 0 amide bonds. The van der Waals surface area contributed by atoms with E-state index in [1.165, 1.54) is 0 Å². The van der Waals surface area contributed by atoms with Crippen molar-refractivity contribution in [3.8, 4) is 0 Å². The van der Waals surface area contributed by atoms with E-state index in [0.717, 1.165) is 17.9 Å². The number of aryl methyl sites for hydroxylation is 1. The zero-order chi connectivity index (χ0) is 8.27. The fraction of sp³-hybridized carbons (Fsp3) is 0.625. The average molecular weight is 151 g/mol. The number of hydrogen-bond donors (Lipinski definition) is 0. The Balaban J connectivity index is 2.71. The molecule has 0 fully saturated rings. The third-order valence-corrected chi connectivity index (χ3v) is 1.33. The van der Waals surface area contributed by atoms with E-state index < -0.39 is 0 Å². The molecule has 0 aliphatic rings. The van der Waals surface area contributed by atoms with Crippen molar-refractivity contribution in [2.45, 2.75) is 27.2 Å². The quantitative estimate of drug-likeness (QED) is 0.641. The van der Waals surface area contributed by atoms with Crippen LogP contribution in [0.25, 0.3) is 0 Å². The van der Waals surface area contributed by atoms with E-state index >= 15 is 0 Å². The van der Waals surface area contributed by atoms with Crippen molar-refractivity contribution in [2.75, 3.05) is 0 Å². The molecule has 0 unspecified atom stereocenters. The molecule has 0 atom stereocenters. The Hall–Kier alpha value is -0.990. The summed E-state index contributed by atoms with van der Waals surface area (Å²) in [6.45, 7) is 6.19. The monoisotopic (exact) mass is 151 g/mol. The first-order valence-electron chi connectivity index (χ1n) is 3.83. The molecule has 0 radical (unpaired) electrons. The van der Waals surface area contributed by atoms with Gasteiger partial charge in [-0.05, 0) is 19.3 Å². The summed E-state index contributed by atoms with van der Waals surface area (Å²) in [5.74, 6) is 1.38. The lowest BCUT2D eigenvalue weighted by Gasteiger charge is -2.02. The van der Waals surface area contributed by atoms with Crippen molar-refractivity contribution in [1.82, 2.24) is 15.2 Å². The highest BCUT2D eigenvalue weighted by atomic mass is 15.1. The van der Waals surface area contributed by atoms with Gasteiger partial charge < -0.3 is 0 Å². The molecule has 0 spiro atoms. The van der Waals surface area contributed by atoms with Gasteiger partial charge in [-0.15, -0.1) is 5.10 Å². The van der Waals surface area contributed by atoms with Crippen molar-refractivity contribution in [3.63, 3.8) is 0 Å². The van der Waals surface area contributed by atoms with Gasteiger partial charge in [0.05, 0.1) is 11.9 Å². The summed E-state index contributed by atoms with van der Waals surface area (Å²) in [6.07, 6.45) is 2.71. The van der Waals surface area contributed by atoms with Gasteiger partial charge in [0.15, 0.2) is 0 Å². The predicted molar refractivity (Wildman–Crippen MR) is 43.1 cm³/mol. The van der Waals surface area contributed by atoms with Crippen LogP contribution >= 0.6 is 0 Å². The highest BCUT2D eigenvalue weighted by molar-refractivity contribution is 4.95. The van der Waals surface area contributed by atoms with E-state index in [-0.39, 0.29) is 0 Å². The van der Waals surface area contributed by atoms with Crippen LogP contribution in [0, 0.1) is 12.8 Å². The topological polar surface area (TPSA) is 38.7 Å². The van der Waals surface area contributed by atoms with Crippen LogP contribution in [0.3, 0.4) is 0 Å². The highest BCUT2D eigenvalue weighted by Crippen LogP contribution is 2.02. The molecule has 3 nitrogen and oxygen atoms in total. The first-order chi connectivity index (χ1) is 5.18. The zero-order valence-electron chi connectivity index (χ0n) is 7.20. The fourth-order valence-corrected chi connectivity index (χ4v) is 0.955. The Bertz CT molecular complexity index is 233.